The van der Waals surface area contributed by atoms with Crippen LogP contribution in [0.5, 0.6) is 5.75 Å². The highest BCUT2D eigenvalue weighted by atomic mass is 32.2. The molecule has 122 valence electrons. The Labute approximate surface area is 131 Å². The predicted molar refractivity (Wildman–Crippen MR) is 76.7 cm³/mol. The van der Waals surface area contributed by atoms with Gasteiger partial charge >= 0.3 is 16.1 Å². The molecule has 0 unspecified atom stereocenters. The van der Waals surface area contributed by atoms with Gasteiger partial charge in [-0.05, 0) is 36.8 Å². The van der Waals surface area contributed by atoms with Crippen molar-refractivity contribution in [3.63, 3.8) is 0 Å². The number of carbonyl (C=O) groups excluding carboxylic acids is 1. The van der Waals surface area contributed by atoms with Crippen LogP contribution >= 0.6 is 0 Å². The van der Waals surface area contributed by atoms with Crippen LogP contribution in [0, 0.1) is 18.6 Å². The molecule has 0 fully saturated rings. The molecule has 0 N–H and O–H groups in total. The SMILES string of the molecule is COC(=O)c1ccc(C)c(S(=O)(=O)Oc2ccc(F)c(F)c2)c1. The molecule has 23 heavy (non-hydrogen) atoms. The van der Waals surface area contributed by atoms with Crippen LogP contribution in [-0.4, -0.2) is 21.5 Å². The third kappa shape index (κ3) is 3.65. The Kier molecular flexibility index (Phi) is 4.65. The first-order chi connectivity index (χ1) is 10.7. The Morgan fingerprint density at radius 1 is 1.04 bits per heavy atom. The Balaban J connectivity index is 2.42. The number of ether oxygens (including phenoxy) is 1. The summed E-state index contributed by atoms with van der Waals surface area (Å²) < 4.78 is 59.9. The van der Waals surface area contributed by atoms with Crippen LogP contribution in [0.2, 0.25) is 0 Å². The van der Waals surface area contributed by atoms with Crippen LogP contribution in [0.4, 0.5) is 8.78 Å². The van der Waals surface area contributed by atoms with Crippen molar-refractivity contribution in [2.75, 3.05) is 7.11 Å². The van der Waals surface area contributed by atoms with E-state index in [0.29, 0.717) is 11.6 Å². The van der Waals surface area contributed by atoms with E-state index < -0.39 is 27.7 Å². The van der Waals surface area contributed by atoms with Gasteiger partial charge in [0.25, 0.3) is 0 Å². The summed E-state index contributed by atoms with van der Waals surface area (Å²) in [5.41, 5.74) is 0.339. The van der Waals surface area contributed by atoms with Crippen molar-refractivity contribution < 1.29 is 30.9 Å². The number of aryl methyl sites for hydroxylation is 1. The second kappa shape index (κ2) is 6.33. The molecule has 0 aliphatic heterocycles. The number of halogens is 2. The third-order valence-electron chi connectivity index (χ3n) is 2.98. The topological polar surface area (TPSA) is 69.7 Å². The van der Waals surface area contributed by atoms with Crippen LogP contribution < -0.4 is 4.18 Å². The van der Waals surface area contributed by atoms with Crippen LogP contribution in [0.1, 0.15) is 15.9 Å². The number of esters is 1. The molecule has 8 heteroatoms. The van der Waals surface area contributed by atoms with Crippen molar-refractivity contribution in [2.24, 2.45) is 0 Å². The van der Waals surface area contributed by atoms with Crippen LogP contribution in [0.3, 0.4) is 0 Å². The second-order valence-electron chi connectivity index (χ2n) is 4.59. The minimum atomic E-state index is -4.33. The molecule has 0 spiro atoms. The van der Waals surface area contributed by atoms with E-state index in [2.05, 4.69) is 4.74 Å². The van der Waals surface area contributed by atoms with Crippen molar-refractivity contribution >= 4 is 16.1 Å². The number of hydrogen-bond acceptors (Lipinski definition) is 5. The van der Waals surface area contributed by atoms with Crippen molar-refractivity contribution in [1.29, 1.82) is 0 Å². The summed E-state index contributed by atoms with van der Waals surface area (Å²) in [6.07, 6.45) is 0. The highest BCUT2D eigenvalue weighted by Gasteiger charge is 2.22. The molecular formula is C15H12F2O5S. The molecule has 0 radical (unpaired) electrons. The van der Waals surface area contributed by atoms with E-state index in [-0.39, 0.29) is 16.2 Å². The van der Waals surface area contributed by atoms with Crippen molar-refractivity contribution in [2.45, 2.75) is 11.8 Å². The number of carbonyl (C=O) groups is 1. The quantitative estimate of drug-likeness (QED) is 0.631. The fourth-order valence-electron chi connectivity index (χ4n) is 1.81. The van der Waals surface area contributed by atoms with Crippen molar-refractivity contribution in [3.8, 4) is 5.75 Å². The smallest absolute Gasteiger partial charge is 0.339 e. The maximum absolute atomic E-state index is 13.1. The van der Waals surface area contributed by atoms with Gasteiger partial charge in [-0.3, -0.25) is 0 Å². The molecule has 2 rings (SSSR count). The van der Waals surface area contributed by atoms with Gasteiger partial charge < -0.3 is 8.92 Å². The Morgan fingerprint density at radius 3 is 2.35 bits per heavy atom. The maximum Gasteiger partial charge on any atom is 0.339 e. The minimum Gasteiger partial charge on any atom is -0.465 e. The Morgan fingerprint density at radius 2 is 1.74 bits per heavy atom. The second-order valence-corrected chi connectivity index (χ2v) is 6.10. The van der Waals surface area contributed by atoms with Gasteiger partial charge in [0, 0.05) is 6.07 Å². The highest BCUT2D eigenvalue weighted by molar-refractivity contribution is 7.87. The van der Waals surface area contributed by atoms with Gasteiger partial charge in [-0.1, -0.05) is 6.07 Å². The zero-order valence-corrected chi connectivity index (χ0v) is 13.0. The molecule has 5 nitrogen and oxygen atoms in total. The first-order valence-corrected chi connectivity index (χ1v) is 7.74. The van der Waals surface area contributed by atoms with E-state index in [1.165, 1.54) is 19.1 Å². The lowest BCUT2D eigenvalue weighted by Gasteiger charge is -2.10. The lowest BCUT2D eigenvalue weighted by Crippen LogP contribution is -2.13. The normalized spacial score (nSPS) is 11.1. The fraction of sp³-hybridized carbons (Fsp3) is 0.133. The molecule has 0 saturated heterocycles. The van der Waals surface area contributed by atoms with E-state index in [0.717, 1.165) is 25.3 Å². The van der Waals surface area contributed by atoms with Gasteiger partial charge in [0.1, 0.15) is 10.6 Å². The molecule has 0 atom stereocenters. The summed E-state index contributed by atoms with van der Waals surface area (Å²) in [6, 6.07) is 6.25. The monoisotopic (exact) mass is 342 g/mol. The molecule has 2 aromatic rings. The summed E-state index contributed by atoms with van der Waals surface area (Å²) in [4.78, 5) is 11.2. The molecule has 0 aliphatic carbocycles. The highest BCUT2D eigenvalue weighted by Crippen LogP contribution is 2.24. The van der Waals surface area contributed by atoms with Gasteiger partial charge in [-0.15, -0.1) is 0 Å². The molecule has 0 bridgehead atoms. The van der Waals surface area contributed by atoms with E-state index in [1.807, 2.05) is 0 Å². The fourth-order valence-corrected chi connectivity index (χ4v) is 3.00. The first-order valence-electron chi connectivity index (χ1n) is 6.33. The summed E-state index contributed by atoms with van der Waals surface area (Å²) in [5.74, 6) is -3.46. The number of benzene rings is 2. The molecular weight excluding hydrogens is 330 g/mol. The summed E-state index contributed by atoms with van der Waals surface area (Å²) in [6.45, 7) is 1.50. The predicted octanol–water partition coefficient (Wildman–Crippen LogP) is 2.83. The number of rotatable bonds is 4. The lowest BCUT2D eigenvalue weighted by molar-refractivity contribution is 0.0600. The Bertz CT molecular complexity index is 862. The van der Waals surface area contributed by atoms with E-state index in [1.54, 1.807) is 0 Å². The molecule has 0 heterocycles. The third-order valence-corrected chi connectivity index (χ3v) is 4.37. The van der Waals surface area contributed by atoms with Crippen LogP contribution in [-0.2, 0) is 14.9 Å². The standard InChI is InChI=1S/C15H12F2O5S/c1-9-3-4-10(15(18)21-2)7-14(9)23(19,20)22-11-5-6-12(16)13(17)8-11/h3-8H,1-2H3. The molecule has 0 amide bonds. The molecule has 0 aliphatic rings. The lowest BCUT2D eigenvalue weighted by atomic mass is 10.1. The van der Waals surface area contributed by atoms with E-state index >= 15 is 0 Å². The average Bonchev–Trinajstić information content (AvgIpc) is 2.50. The zero-order chi connectivity index (χ0) is 17.2. The number of hydrogen-bond donors (Lipinski definition) is 0. The number of methoxy groups -OCH3 is 1. The van der Waals surface area contributed by atoms with Crippen LogP contribution in [0.25, 0.3) is 0 Å². The van der Waals surface area contributed by atoms with E-state index in [9.17, 15) is 22.0 Å². The zero-order valence-electron chi connectivity index (χ0n) is 12.2. The molecule has 2 aromatic carbocycles. The van der Waals surface area contributed by atoms with E-state index in [4.69, 9.17) is 4.18 Å². The van der Waals surface area contributed by atoms with Crippen molar-refractivity contribution in [1.82, 2.24) is 0 Å². The van der Waals surface area contributed by atoms with Gasteiger partial charge in [-0.2, -0.15) is 8.42 Å². The Hall–Kier alpha value is -2.48. The van der Waals surface area contributed by atoms with Crippen LogP contribution in [0.15, 0.2) is 41.3 Å². The largest absolute Gasteiger partial charge is 0.465 e. The van der Waals surface area contributed by atoms with Gasteiger partial charge in [0.05, 0.1) is 12.7 Å². The van der Waals surface area contributed by atoms with Gasteiger partial charge in [0.15, 0.2) is 11.6 Å². The summed E-state index contributed by atoms with van der Waals surface area (Å²) in [7, 11) is -3.17. The summed E-state index contributed by atoms with van der Waals surface area (Å²) >= 11 is 0. The summed E-state index contributed by atoms with van der Waals surface area (Å²) in [5, 5.41) is 0. The van der Waals surface area contributed by atoms with Crippen molar-refractivity contribution in [3.05, 3.63) is 59.2 Å². The first kappa shape index (κ1) is 16.9. The molecule has 0 saturated carbocycles. The van der Waals surface area contributed by atoms with Gasteiger partial charge in [-0.25, -0.2) is 13.6 Å². The maximum atomic E-state index is 13.1. The van der Waals surface area contributed by atoms with Gasteiger partial charge in [0.2, 0.25) is 0 Å². The minimum absolute atomic E-state index is 0.0190. The average molecular weight is 342 g/mol. The molecule has 0 aromatic heterocycles.